The molecule has 0 unspecified atom stereocenters. The summed E-state index contributed by atoms with van der Waals surface area (Å²) >= 11 is 0. The van der Waals surface area contributed by atoms with Crippen LogP contribution in [0.25, 0.3) is 0 Å². The second-order valence-electron chi connectivity index (χ2n) is 5.27. The number of hydrazine groups is 1. The number of amides is 2. The molecule has 8 heteroatoms. The van der Waals surface area contributed by atoms with Gasteiger partial charge in [-0.05, 0) is 38.1 Å². The van der Waals surface area contributed by atoms with Crippen molar-refractivity contribution in [3.05, 3.63) is 69.8 Å². The standard InChI is InChI=1S/C17H17N3O5/c1-11-10-14(8-9-15(11)20(23)24)25-12(2)16(21)18-19-17(22)13-6-4-3-5-7-13/h3-10,12H,1-2H3,(H,18,21)(H,19,22)/t12-/m1/s1. The Morgan fingerprint density at radius 3 is 2.40 bits per heavy atom. The molecule has 130 valence electrons. The molecule has 0 saturated heterocycles. The number of ether oxygens (including phenoxy) is 1. The number of carbonyl (C=O) groups is 2. The van der Waals surface area contributed by atoms with Gasteiger partial charge in [-0.3, -0.25) is 30.6 Å². The maximum Gasteiger partial charge on any atom is 0.279 e. The topological polar surface area (TPSA) is 111 Å². The molecule has 1 atom stereocenters. The second kappa shape index (κ2) is 7.91. The van der Waals surface area contributed by atoms with Gasteiger partial charge in [-0.25, -0.2) is 0 Å². The van der Waals surface area contributed by atoms with Crippen molar-refractivity contribution in [1.82, 2.24) is 10.9 Å². The summed E-state index contributed by atoms with van der Waals surface area (Å²) < 4.78 is 5.44. The SMILES string of the molecule is Cc1cc(O[C@H](C)C(=O)NNC(=O)c2ccccc2)ccc1[N+](=O)[O-]. The number of nitrogens with one attached hydrogen (secondary N) is 2. The van der Waals surface area contributed by atoms with Gasteiger partial charge in [0.25, 0.3) is 17.5 Å². The van der Waals surface area contributed by atoms with Gasteiger partial charge in [-0.2, -0.15) is 0 Å². The van der Waals surface area contributed by atoms with E-state index in [1.165, 1.54) is 25.1 Å². The normalized spacial score (nSPS) is 11.3. The predicted molar refractivity (Wildman–Crippen MR) is 90.0 cm³/mol. The first-order valence-electron chi connectivity index (χ1n) is 7.45. The molecule has 0 fully saturated rings. The zero-order valence-electron chi connectivity index (χ0n) is 13.7. The zero-order chi connectivity index (χ0) is 18.4. The van der Waals surface area contributed by atoms with Gasteiger partial charge in [0.1, 0.15) is 5.75 Å². The van der Waals surface area contributed by atoms with E-state index in [0.29, 0.717) is 16.9 Å². The fourth-order valence-corrected chi connectivity index (χ4v) is 2.05. The van der Waals surface area contributed by atoms with Gasteiger partial charge < -0.3 is 4.74 Å². The van der Waals surface area contributed by atoms with Crippen LogP contribution in [-0.4, -0.2) is 22.8 Å². The first kappa shape index (κ1) is 17.9. The Hall–Kier alpha value is -3.42. The van der Waals surface area contributed by atoms with Crippen LogP contribution in [0.1, 0.15) is 22.8 Å². The summed E-state index contributed by atoms with van der Waals surface area (Å²) in [7, 11) is 0. The van der Waals surface area contributed by atoms with E-state index in [9.17, 15) is 19.7 Å². The minimum atomic E-state index is -0.906. The highest BCUT2D eigenvalue weighted by Gasteiger charge is 2.17. The number of hydrogen-bond donors (Lipinski definition) is 2. The number of carbonyl (C=O) groups excluding carboxylic acids is 2. The highest BCUT2D eigenvalue weighted by atomic mass is 16.6. The summed E-state index contributed by atoms with van der Waals surface area (Å²) in [5.41, 5.74) is 5.37. The highest BCUT2D eigenvalue weighted by molar-refractivity contribution is 5.95. The van der Waals surface area contributed by atoms with Gasteiger partial charge in [0.15, 0.2) is 6.10 Å². The van der Waals surface area contributed by atoms with Crippen molar-refractivity contribution < 1.29 is 19.2 Å². The van der Waals surface area contributed by atoms with Crippen LogP contribution in [0.2, 0.25) is 0 Å². The van der Waals surface area contributed by atoms with Crippen LogP contribution < -0.4 is 15.6 Å². The van der Waals surface area contributed by atoms with Crippen LogP contribution >= 0.6 is 0 Å². The summed E-state index contributed by atoms with van der Waals surface area (Å²) in [4.78, 5) is 34.1. The average molecular weight is 343 g/mol. The molecule has 0 radical (unpaired) electrons. The summed E-state index contributed by atoms with van der Waals surface area (Å²) in [6.45, 7) is 3.08. The maximum atomic E-state index is 12.0. The van der Waals surface area contributed by atoms with Crippen LogP contribution in [0.4, 0.5) is 5.69 Å². The second-order valence-corrected chi connectivity index (χ2v) is 5.27. The fourth-order valence-electron chi connectivity index (χ4n) is 2.05. The maximum absolute atomic E-state index is 12.0. The van der Waals surface area contributed by atoms with Crippen LogP contribution in [0.3, 0.4) is 0 Å². The summed E-state index contributed by atoms with van der Waals surface area (Å²) in [6, 6.07) is 12.6. The predicted octanol–water partition coefficient (Wildman–Crippen LogP) is 2.13. The fraction of sp³-hybridized carbons (Fsp3) is 0.176. The third kappa shape index (κ3) is 4.77. The van der Waals surface area contributed by atoms with Crippen molar-refractivity contribution in [2.24, 2.45) is 0 Å². The molecule has 0 saturated carbocycles. The Morgan fingerprint density at radius 2 is 1.80 bits per heavy atom. The molecule has 0 heterocycles. The largest absolute Gasteiger partial charge is 0.481 e. The lowest BCUT2D eigenvalue weighted by atomic mass is 10.2. The third-order valence-corrected chi connectivity index (χ3v) is 3.38. The zero-order valence-corrected chi connectivity index (χ0v) is 13.7. The molecule has 2 aromatic carbocycles. The van der Waals surface area contributed by atoms with Crippen molar-refractivity contribution in [3.8, 4) is 5.75 Å². The Bertz CT molecular complexity index is 792. The Labute approximate surface area is 143 Å². The van der Waals surface area contributed by atoms with Crippen molar-refractivity contribution in [3.63, 3.8) is 0 Å². The van der Waals surface area contributed by atoms with Crippen LogP contribution in [0.15, 0.2) is 48.5 Å². The minimum Gasteiger partial charge on any atom is -0.481 e. The molecule has 2 rings (SSSR count). The highest BCUT2D eigenvalue weighted by Crippen LogP contribution is 2.23. The van der Waals surface area contributed by atoms with Gasteiger partial charge in [0.2, 0.25) is 0 Å². The molecule has 0 aliphatic carbocycles. The van der Waals surface area contributed by atoms with E-state index < -0.39 is 22.8 Å². The van der Waals surface area contributed by atoms with Crippen molar-refractivity contribution in [2.75, 3.05) is 0 Å². The lowest BCUT2D eigenvalue weighted by molar-refractivity contribution is -0.385. The van der Waals surface area contributed by atoms with E-state index in [1.807, 2.05) is 0 Å². The van der Waals surface area contributed by atoms with E-state index in [2.05, 4.69) is 10.9 Å². The number of nitrogens with zero attached hydrogens (tertiary/aromatic N) is 1. The van der Waals surface area contributed by atoms with Gasteiger partial charge in [-0.15, -0.1) is 0 Å². The van der Waals surface area contributed by atoms with Crippen LogP contribution in [0.5, 0.6) is 5.75 Å². The number of benzene rings is 2. The summed E-state index contributed by atoms with van der Waals surface area (Å²) in [5.74, 6) is -0.687. The van der Waals surface area contributed by atoms with Crippen molar-refractivity contribution in [2.45, 2.75) is 20.0 Å². The summed E-state index contributed by atoms with van der Waals surface area (Å²) in [5, 5.41) is 10.8. The van der Waals surface area contributed by atoms with Gasteiger partial charge in [0, 0.05) is 17.2 Å². The lowest BCUT2D eigenvalue weighted by Gasteiger charge is -2.15. The molecule has 0 aliphatic rings. The van der Waals surface area contributed by atoms with Gasteiger partial charge in [0.05, 0.1) is 4.92 Å². The quantitative estimate of drug-likeness (QED) is 0.638. The van der Waals surface area contributed by atoms with Crippen LogP contribution in [-0.2, 0) is 4.79 Å². The monoisotopic (exact) mass is 343 g/mol. The van der Waals surface area contributed by atoms with Crippen molar-refractivity contribution >= 4 is 17.5 Å². The van der Waals surface area contributed by atoms with Gasteiger partial charge >= 0.3 is 0 Å². The van der Waals surface area contributed by atoms with Crippen LogP contribution in [0, 0.1) is 17.0 Å². The molecular weight excluding hydrogens is 326 g/mol. The lowest BCUT2D eigenvalue weighted by Crippen LogP contribution is -2.47. The van der Waals surface area contributed by atoms with E-state index >= 15 is 0 Å². The molecular formula is C17H17N3O5. The molecule has 2 amide bonds. The molecule has 8 nitrogen and oxygen atoms in total. The molecule has 25 heavy (non-hydrogen) atoms. The molecule has 2 aromatic rings. The Balaban J connectivity index is 1.91. The molecule has 0 aliphatic heterocycles. The number of rotatable bonds is 5. The summed E-state index contributed by atoms with van der Waals surface area (Å²) in [6.07, 6.45) is -0.906. The molecule has 0 bridgehead atoms. The van der Waals surface area contributed by atoms with E-state index in [1.54, 1.807) is 37.3 Å². The molecule has 2 N–H and O–H groups in total. The first-order valence-corrected chi connectivity index (χ1v) is 7.45. The number of hydrogen-bond acceptors (Lipinski definition) is 5. The average Bonchev–Trinajstić information content (AvgIpc) is 2.59. The van der Waals surface area contributed by atoms with E-state index in [0.717, 1.165) is 0 Å². The Morgan fingerprint density at radius 1 is 1.12 bits per heavy atom. The van der Waals surface area contributed by atoms with E-state index in [-0.39, 0.29) is 5.69 Å². The Kier molecular flexibility index (Phi) is 5.67. The minimum absolute atomic E-state index is 0.0282. The first-order chi connectivity index (χ1) is 11.9. The number of nitro benzene ring substituents is 1. The molecule has 0 aromatic heterocycles. The van der Waals surface area contributed by atoms with E-state index in [4.69, 9.17) is 4.74 Å². The molecule has 0 spiro atoms. The smallest absolute Gasteiger partial charge is 0.279 e. The number of nitro groups is 1. The third-order valence-electron chi connectivity index (χ3n) is 3.38. The van der Waals surface area contributed by atoms with Gasteiger partial charge in [-0.1, -0.05) is 18.2 Å². The van der Waals surface area contributed by atoms with Crippen molar-refractivity contribution in [1.29, 1.82) is 0 Å². The number of aryl methyl sites for hydroxylation is 1.